The Morgan fingerprint density at radius 2 is 2.10 bits per heavy atom. The van der Waals surface area contributed by atoms with E-state index < -0.39 is 10.0 Å². The van der Waals surface area contributed by atoms with Crippen molar-refractivity contribution in [2.75, 3.05) is 13.1 Å². The Bertz CT molecular complexity index is 698. The molecule has 104 valence electrons. The van der Waals surface area contributed by atoms with Crippen molar-refractivity contribution in [2.24, 2.45) is 5.92 Å². The molecule has 20 heavy (non-hydrogen) atoms. The Morgan fingerprint density at radius 3 is 2.70 bits per heavy atom. The first-order chi connectivity index (χ1) is 9.48. The summed E-state index contributed by atoms with van der Waals surface area (Å²) in [5.41, 5.74) is 1.11. The zero-order chi connectivity index (χ0) is 14.8. The molecule has 1 atom stereocenters. The van der Waals surface area contributed by atoms with Crippen LogP contribution in [0.15, 0.2) is 23.1 Å². The van der Waals surface area contributed by atoms with E-state index in [2.05, 4.69) is 6.07 Å². The topological polar surface area (TPSA) is 85.0 Å². The third-order valence-electron chi connectivity index (χ3n) is 3.52. The van der Waals surface area contributed by atoms with Crippen LogP contribution in [-0.4, -0.2) is 25.8 Å². The molecule has 0 aliphatic carbocycles. The van der Waals surface area contributed by atoms with Crippen LogP contribution in [0.3, 0.4) is 0 Å². The van der Waals surface area contributed by atoms with Crippen molar-refractivity contribution < 1.29 is 8.42 Å². The highest BCUT2D eigenvalue weighted by molar-refractivity contribution is 7.89. The highest BCUT2D eigenvalue weighted by atomic mass is 32.2. The standard InChI is InChI=1S/C14H15N3O2S/c1-11-7-14(5-4-13(11)9-16)20(18,19)17-6-2-3-12(8-15)10-17/h4-5,7,12H,2-3,6,10H2,1H3. The SMILES string of the molecule is Cc1cc(S(=O)(=O)N2CCCC(C#N)C2)ccc1C#N. The van der Waals surface area contributed by atoms with Crippen molar-refractivity contribution in [3.63, 3.8) is 0 Å². The van der Waals surface area contributed by atoms with Gasteiger partial charge in [0.25, 0.3) is 0 Å². The Hall–Kier alpha value is -1.89. The van der Waals surface area contributed by atoms with Gasteiger partial charge in [0.2, 0.25) is 10.0 Å². The number of nitriles is 2. The molecule has 0 spiro atoms. The summed E-state index contributed by atoms with van der Waals surface area (Å²) in [7, 11) is -3.58. The Morgan fingerprint density at radius 1 is 1.35 bits per heavy atom. The Labute approximate surface area is 119 Å². The third kappa shape index (κ3) is 2.67. The molecule has 1 aromatic rings. The van der Waals surface area contributed by atoms with E-state index in [4.69, 9.17) is 10.5 Å². The highest BCUT2D eigenvalue weighted by Gasteiger charge is 2.30. The van der Waals surface area contributed by atoms with Crippen LogP contribution in [0, 0.1) is 35.5 Å². The van der Waals surface area contributed by atoms with Gasteiger partial charge in [-0.25, -0.2) is 8.42 Å². The lowest BCUT2D eigenvalue weighted by atomic mass is 10.0. The third-order valence-corrected chi connectivity index (χ3v) is 5.38. The van der Waals surface area contributed by atoms with Gasteiger partial charge in [-0.1, -0.05) is 0 Å². The summed E-state index contributed by atoms with van der Waals surface area (Å²) in [5, 5.41) is 17.8. The predicted octanol–water partition coefficient (Wildman–Crippen LogP) is 1.79. The molecule has 1 aliphatic heterocycles. The van der Waals surface area contributed by atoms with Gasteiger partial charge in [0.1, 0.15) is 0 Å². The van der Waals surface area contributed by atoms with Crippen molar-refractivity contribution in [3.8, 4) is 12.1 Å². The summed E-state index contributed by atoms with van der Waals surface area (Å²) in [4.78, 5) is 0.188. The lowest BCUT2D eigenvalue weighted by Crippen LogP contribution is -2.39. The minimum absolute atomic E-state index is 0.188. The minimum Gasteiger partial charge on any atom is -0.207 e. The summed E-state index contributed by atoms with van der Waals surface area (Å²) >= 11 is 0. The van der Waals surface area contributed by atoms with E-state index in [9.17, 15) is 8.42 Å². The zero-order valence-electron chi connectivity index (χ0n) is 11.2. The molecule has 0 saturated carbocycles. The molecule has 0 N–H and O–H groups in total. The monoisotopic (exact) mass is 289 g/mol. The van der Waals surface area contributed by atoms with E-state index >= 15 is 0 Å². The van der Waals surface area contributed by atoms with Crippen LogP contribution < -0.4 is 0 Å². The minimum atomic E-state index is -3.58. The molecule has 0 amide bonds. The van der Waals surface area contributed by atoms with Crippen LogP contribution in [0.5, 0.6) is 0 Å². The van der Waals surface area contributed by atoms with Gasteiger partial charge in [-0.05, 0) is 43.5 Å². The molecule has 0 bridgehead atoms. The lowest BCUT2D eigenvalue weighted by Gasteiger charge is -2.28. The normalized spacial score (nSPS) is 20.1. The van der Waals surface area contributed by atoms with Crippen molar-refractivity contribution >= 4 is 10.0 Å². The number of hydrogen-bond donors (Lipinski definition) is 0. The Balaban J connectivity index is 2.33. The van der Waals surface area contributed by atoms with Crippen LogP contribution >= 0.6 is 0 Å². The summed E-state index contributed by atoms with van der Waals surface area (Å²) in [6, 6.07) is 8.65. The maximum Gasteiger partial charge on any atom is 0.243 e. The molecular formula is C14H15N3O2S. The van der Waals surface area contributed by atoms with E-state index in [0.717, 1.165) is 6.42 Å². The van der Waals surface area contributed by atoms with Gasteiger partial charge in [-0.15, -0.1) is 0 Å². The molecule has 1 saturated heterocycles. The molecule has 5 nitrogen and oxygen atoms in total. The van der Waals surface area contributed by atoms with Gasteiger partial charge in [0, 0.05) is 13.1 Å². The van der Waals surface area contributed by atoms with Crippen LogP contribution in [0.1, 0.15) is 24.0 Å². The number of nitrogens with zero attached hydrogens (tertiary/aromatic N) is 3. The Kier molecular flexibility index (Phi) is 4.08. The summed E-state index contributed by atoms with van der Waals surface area (Å²) in [5.74, 6) is -0.238. The van der Waals surface area contributed by atoms with Crippen molar-refractivity contribution in [1.82, 2.24) is 4.31 Å². The fourth-order valence-corrected chi connectivity index (χ4v) is 3.95. The van der Waals surface area contributed by atoms with Gasteiger partial charge in [-0.3, -0.25) is 0 Å². The van der Waals surface area contributed by atoms with Gasteiger partial charge < -0.3 is 0 Å². The number of benzene rings is 1. The van der Waals surface area contributed by atoms with Crippen molar-refractivity contribution in [3.05, 3.63) is 29.3 Å². The summed E-state index contributed by atoms with van der Waals surface area (Å²) in [6.07, 6.45) is 1.45. The van der Waals surface area contributed by atoms with E-state index in [1.54, 1.807) is 6.92 Å². The molecular weight excluding hydrogens is 274 g/mol. The smallest absolute Gasteiger partial charge is 0.207 e. The number of rotatable bonds is 2. The molecule has 1 heterocycles. The zero-order valence-corrected chi connectivity index (χ0v) is 12.0. The maximum atomic E-state index is 12.5. The molecule has 0 aromatic heterocycles. The molecule has 1 aliphatic rings. The first-order valence-electron chi connectivity index (χ1n) is 6.39. The lowest BCUT2D eigenvalue weighted by molar-refractivity contribution is 0.305. The maximum absolute atomic E-state index is 12.5. The van der Waals surface area contributed by atoms with Crippen LogP contribution in [-0.2, 0) is 10.0 Å². The van der Waals surface area contributed by atoms with E-state index in [-0.39, 0.29) is 17.4 Å². The highest BCUT2D eigenvalue weighted by Crippen LogP contribution is 2.24. The fraction of sp³-hybridized carbons (Fsp3) is 0.429. The van der Waals surface area contributed by atoms with Crippen LogP contribution in [0.4, 0.5) is 0 Å². The van der Waals surface area contributed by atoms with Crippen LogP contribution in [0.25, 0.3) is 0 Å². The first kappa shape index (κ1) is 14.5. The summed E-state index contributed by atoms with van der Waals surface area (Å²) < 4.78 is 26.4. The average Bonchev–Trinajstić information content (AvgIpc) is 2.47. The largest absolute Gasteiger partial charge is 0.243 e. The second-order valence-corrected chi connectivity index (χ2v) is 6.86. The van der Waals surface area contributed by atoms with Gasteiger partial charge in [-0.2, -0.15) is 14.8 Å². The molecule has 2 rings (SSSR count). The van der Waals surface area contributed by atoms with Crippen LogP contribution in [0.2, 0.25) is 0 Å². The summed E-state index contributed by atoms with van der Waals surface area (Å²) in [6.45, 7) is 2.41. The number of hydrogen-bond acceptors (Lipinski definition) is 4. The average molecular weight is 289 g/mol. The molecule has 1 fully saturated rings. The fourth-order valence-electron chi connectivity index (χ4n) is 2.34. The van der Waals surface area contributed by atoms with Crippen molar-refractivity contribution in [1.29, 1.82) is 10.5 Å². The molecule has 1 unspecified atom stereocenters. The van der Waals surface area contributed by atoms with Gasteiger partial charge in [0.15, 0.2) is 0 Å². The second kappa shape index (κ2) is 5.62. The van der Waals surface area contributed by atoms with E-state index in [1.807, 2.05) is 6.07 Å². The number of aryl methyl sites for hydroxylation is 1. The van der Waals surface area contributed by atoms with Gasteiger partial charge in [0.05, 0.1) is 28.5 Å². The first-order valence-corrected chi connectivity index (χ1v) is 7.83. The molecule has 0 radical (unpaired) electrons. The predicted molar refractivity (Wildman–Crippen MR) is 73.0 cm³/mol. The van der Waals surface area contributed by atoms with E-state index in [0.29, 0.717) is 24.1 Å². The number of sulfonamides is 1. The quantitative estimate of drug-likeness (QED) is 0.830. The second-order valence-electron chi connectivity index (χ2n) is 4.92. The van der Waals surface area contributed by atoms with Gasteiger partial charge >= 0.3 is 0 Å². The van der Waals surface area contributed by atoms with E-state index in [1.165, 1.54) is 22.5 Å². The van der Waals surface area contributed by atoms with Crippen molar-refractivity contribution in [2.45, 2.75) is 24.7 Å². The molecule has 6 heteroatoms. The number of piperidine rings is 1. The molecule has 1 aromatic carbocycles.